The Bertz CT molecular complexity index is 1020. The first-order valence-corrected chi connectivity index (χ1v) is 10.8. The number of thioether (sulfide) groups is 1. The Kier molecular flexibility index (Phi) is 7.46. The Morgan fingerprint density at radius 1 is 1.00 bits per heavy atom. The quantitative estimate of drug-likeness (QED) is 0.323. The molecule has 0 aliphatic rings. The summed E-state index contributed by atoms with van der Waals surface area (Å²) in [6, 6.07) is 11.6. The number of benzene rings is 2. The van der Waals surface area contributed by atoms with Crippen molar-refractivity contribution in [2.75, 3.05) is 33.7 Å². The lowest BCUT2D eigenvalue weighted by Gasteiger charge is -2.15. The molecule has 0 fully saturated rings. The zero-order valence-electron chi connectivity index (χ0n) is 18.5. The van der Waals surface area contributed by atoms with Crippen molar-refractivity contribution >= 4 is 11.8 Å². The van der Waals surface area contributed by atoms with Crippen molar-refractivity contribution in [3.8, 4) is 40.1 Å². The molecule has 0 spiro atoms. The summed E-state index contributed by atoms with van der Waals surface area (Å²) in [5.41, 5.74) is 2.76. The van der Waals surface area contributed by atoms with Crippen LogP contribution in [-0.2, 0) is 0 Å². The summed E-state index contributed by atoms with van der Waals surface area (Å²) >= 11 is 1.58. The largest absolute Gasteiger partial charge is 0.494 e. The molecule has 3 aromatic rings. The fraction of sp³-hybridized carbons (Fsp3) is 0.304. The van der Waals surface area contributed by atoms with Gasteiger partial charge >= 0.3 is 0 Å². The molecule has 0 amide bonds. The van der Waals surface area contributed by atoms with Gasteiger partial charge in [0.2, 0.25) is 5.75 Å². The molecule has 7 nitrogen and oxygen atoms in total. The number of ether oxygens (including phenoxy) is 4. The number of hydrogen-bond donors (Lipinski definition) is 0. The lowest BCUT2D eigenvalue weighted by molar-refractivity contribution is 0.324. The van der Waals surface area contributed by atoms with Gasteiger partial charge in [-0.25, -0.2) is 0 Å². The van der Waals surface area contributed by atoms with Gasteiger partial charge in [-0.05, 0) is 50.2 Å². The molecule has 0 bridgehead atoms. The second-order valence-corrected chi connectivity index (χ2v) is 7.67. The van der Waals surface area contributed by atoms with Gasteiger partial charge < -0.3 is 18.9 Å². The molecule has 0 aliphatic heterocycles. The Balaban J connectivity index is 2.15. The lowest BCUT2D eigenvalue weighted by atomic mass is 10.1. The number of nitrogens with zero attached hydrogens (tertiary/aromatic N) is 3. The topological polar surface area (TPSA) is 67.6 Å². The van der Waals surface area contributed by atoms with Gasteiger partial charge in [-0.1, -0.05) is 23.9 Å². The third kappa shape index (κ3) is 4.96. The van der Waals surface area contributed by atoms with Crippen LogP contribution >= 0.6 is 11.8 Å². The maximum Gasteiger partial charge on any atom is 0.203 e. The van der Waals surface area contributed by atoms with E-state index in [0.29, 0.717) is 29.7 Å². The van der Waals surface area contributed by atoms with Gasteiger partial charge in [-0.15, -0.1) is 10.2 Å². The summed E-state index contributed by atoms with van der Waals surface area (Å²) in [6.07, 6.45) is 0. The zero-order valence-corrected chi connectivity index (χ0v) is 19.3. The smallest absolute Gasteiger partial charge is 0.203 e. The van der Waals surface area contributed by atoms with E-state index in [1.807, 2.05) is 54.8 Å². The average Bonchev–Trinajstić information content (AvgIpc) is 3.21. The van der Waals surface area contributed by atoms with E-state index in [9.17, 15) is 0 Å². The van der Waals surface area contributed by atoms with Crippen LogP contribution in [0.15, 0.2) is 53.7 Å². The lowest BCUT2D eigenvalue weighted by Crippen LogP contribution is -2.02. The van der Waals surface area contributed by atoms with Crippen LogP contribution in [0.3, 0.4) is 0 Å². The molecule has 1 aromatic heterocycles. The molecule has 31 heavy (non-hydrogen) atoms. The SMILES string of the molecule is C=C(C)CSc1nnc(-c2cc(OC)c(OC)c(OC)c2)n1-c1ccc(OCC)cc1. The molecule has 0 saturated heterocycles. The number of methoxy groups -OCH3 is 3. The molecular weight excluding hydrogens is 414 g/mol. The summed E-state index contributed by atoms with van der Waals surface area (Å²) in [7, 11) is 4.76. The monoisotopic (exact) mass is 441 g/mol. The first-order chi connectivity index (χ1) is 15.0. The Morgan fingerprint density at radius 3 is 2.16 bits per heavy atom. The van der Waals surface area contributed by atoms with Crippen molar-refractivity contribution < 1.29 is 18.9 Å². The maximum absolute atomic E-state index is 5.58. The Hall–Kier alpha value is -3.13. The zero-order chi connectivity index (χ0) is 22.4. The predicted octanol–water partition coefficient (Wildman–Crippen LogP) is 5.03. The second kappa shape index (κ2) is 10.3. The van der Waals surface area contributed by atoms with Crippen LogP contribution in [-0.4, -0.2) is 48.5 Å². The summed E-state index contributed by atoms with van der Waals surface area (Å²) in [5.74, 6) is 3.84. The van der Waals surface area contributed by atoms with E-state index in [2.05, 4.69) is 16.8 Å². The molecule has 0 radical (unpaired) electrons. The van der Waals surface area contributed by atoms with Crippen LogP contribution in [0.25, 0.3) is 17.1 Å². The molecule has 0 atom stereocenters. The molecule has 164 valence electrons. The van der Waals surface area contributed by atoms with Gasteiger partial charge in [0.25, 0.3) is 0 Å². The van der Waals surface area contributed by atoms with E-state index in [-0.39, 0.29) is 0 Å². The van der Waals surface area contributed by atoms with Gasteiger partial charge in [0.15, 0.2) is 22.5 Å². The minimum Gasteiger partial charge on any atom is -0.494 e. The van der Waals surface area contributed by atoms with E-state index in [4.69, 9.17) is 18.9 Å². The van der Waals surface area contributed by atoms with E-state index >= 15 is 0 Å². The highest BCUT2D eigenvalue weighted by atomic mass is 32.2. The Morgan fingerprint density at radius 2 is 1.65 bits per heavy atom. The first-order valence-electron chi connectivity index (χ1n) is 9.78. The summed E-state index contributed by atoms with van der Waals surface area (Å²) in [4.78, 5) is 0. The van der Waals surface area contributed by atoms with Crippen molar-refractivity contribution in [2.24, 2.45) is 0 Å². The number of hydrogen-bond acceptors (Lipinski definition) is 7. The van der Waals surface area contributed by atoms with Crippen LogP contribution in [0.4, 0.5) is 0 Å². The van der Waals surface area contributed by atoms with Crippen molar-refractivity contribution in [1.82, 2.24) is 14.8 Å². The fourth-order valence-electron chi connectivity index (χ4n) is 3.04. The van der Waals surface area contributed by atoms with E-state index in [0.717, 1.165) is 33.5 Å². The van der Waals surface area contributed by atoms with Gasteiger partial charge in [0.05, 0.1) is 27.9 Å². The van der Waals surface area contributed by atoms with E-state index in [1.165, 1.54) is 0 Å². The highest BCUT2D eigenvalue weighted by Gasteiger charge is 2.21. The predicted molar refractivity (Wildman–Crippen MR) is 123 cm³/mol. The van der Waals surface area contributed by atoms with E-state index in [1.54, 1.807) is 33.1 Å². The van der Waals surface area contributed by atoms with Crippen LogP contribution < -0.4 is 18.9 Å². The number of rotatable bonds is 10. The van der Waals surface area contributed by atoms with Crippen LogP contribution in [0, 0.1) is 0 Å². The summed E-state index contributed by atoms with van der Waals surface area (Å²) in [5, 5.41) is 9.69. The van der Waals surface area contributed by atoms with Gasteiger partial charge in [-0.3, -0.25) is 4.57 Å². The minimum absolute atomic E-state index is 0.526. The average molecular weight is 442 g/mol. The molecule has 0 saturated carbocycles. The molecule has 3 rings (SSSR count). The van der Waals surface area contributed by atoms with Crippen LogP contribution in [0.5, 0.6) is 23.0 Å². The first kappa shape index (κ1) is 22.6. The third-order valence-corrected chi connectivity index (χ3v) is 5.57. The summed E-state index contributed by atoms with van der Waals surface area (Å²) < 4.78 is 24.1. The molecular formula is C23H27N3O4S. The second-order valence-electron chi connectivity index (χ2n) is 6.73. The van der Waals surface area contributed by atoms with Gasteiger partial charge in [-0.2, -0.15) is 0 Å². The van der Waals surface area contributed by atoms with Crippen LogP contribution in [0.1, 0.15) is 13.8 Å². The normalized spacial score (nSPS) is 10.6. The molecule has 1 heterocycles. The van der Waals surface area contributed by atoms with E-state index < -0.39 is 0 Å². The van der Waals surface area contributed by atoms with Crippen LogP contribution in [0.2, 0.25) is 0 Å². The minimum atomic E-state index is 0.526. The molecule has 0 aliphatic carbocycles. The van der Waals surface area contributed by atoms with Gasteiger partial charge in [0, 0.05) is 17.0 Å². The Labute approximate surface area is 187 Å². The third-order valence-electron chi connectivity index (χ3n) is 4.41. The standard InChI is InChI=1S/C23H27N3O4S/c1-7-30-18-10-8-17(9-11-18)26-22(24-25-23(26)31-14-15(2)3)16-12-19(27-4)21(29-6)20(13-16)28-5/h8-13H,2,7,14H2,1,3-6H3. The molecule has 2 aromatic carbocycles. The van der Waals surface area contributed by atoms with Crippen molar-refractivity contribution in [3.63, 3.8) is 0 Å². The molecule has 8 heteroatoms. The van der Waals surface area contributed by atoms with Gasteiger partial charge in [0.1, 0.15) is 5.75 Å². The van der Waals surface area contributed by atoms with Crippen molar-refractivity contribution in [3.05, 3.63) is 48.6 Å². The maximum atomic E-state index is 5.58. The summed E-state index contributed by atoms with van der Waals surface area (Å²) in [6.45, 7) is 8.56. The fourth-order valence-corrected chi connectivity index (χ4v) is 3.83. The highest BCUT2D eigenvalue weighted by molar-refractivity contribution is 7.99. The molecule has 0 unspecified atom stereocenters. The van der Waals surface area contributed by atoms with Crippen molar-refractivity contribution in [1.29, 1.82) is 0 Å². The highest BCUT2D eigenvalue weighted by Crippen LogP contribution is 2.41. The molecule has 0 N–H and O–H groups in total. The van der Waals surface area contributed by atoms with Crippen molar-refractivity contribution in [2.45, 2.75) is 19.0 Å². The number of aromatic nitrogens is 3.